The first-order chi connectivity index (χ1) is 9.22. The fourth-order valence-corrected chi connectivity index (χ4v) is 2.10. The van der Waals surface area contributed by atoms with Gasteiger partial charge in [0.2, 0.25) is 0 Å². The lowest BCUT2D eigenvalue weighted by atomic mass is 10.0. The van der Waals surface area contributed by atoms with Gasteiger partial charge in [0.25, 0.3) is 0 Å². The molecule has 2 heteroatoms. The van der Waals surface area contributed by atoms with Crippen molar-refractivity contribution < 1.29 is 0 Å². The normalized spacial score (nSPS) is 10.1. The van der Waals surface area contributed by atoms with Gasteiger partial charge in [-0.15, -0.1) is 0 Å². The SMILES string of the molecule is CC.Cc1ccc2cc(-c3cnc(C)[nH]3)ccc2c1. The van der Waals surface area contributed by atoms with Gasteiger partial charge in [-0.2, -0.15) is 0 Å². The summed E-state index contributed by atoms with van der Waals surface area (Å²) in [5.41, 5.74) is 3.55. The maximum atomic E-state index is 4.23. The first-order valence-electron chi connectivity index (χ1n) is 6.75. The van der Waals surface area contributed by atoms with Gasteiger partial charge in [0.1, 0.15) is 5.82 Å². The number of benzene rings is 2. The van der Waals surface area contributed by atoms with Gasteiger partial charge in [0.05, 0.1) is 11.9 Å². The molecule has 3 rings (SSSR count). The highest BCUT2D eigenvalue weighted by Crippen LogP contribution is 2.23. The molecule has 0 atom stereocenters. The van der Waals surface area contributed by atoms with Crippen molar-refractivity contribution >= 4 is 10.8 Å². The van der Waals surface area contributed by atoms with E-state index in [1.807, 2.05) is 27.0 Å². The number of hydrogen-bond acceptors (Lipinski definition) is 1. The highest BCUT2D eigenvalue weighted by Gasteiger charge is 2.02. The van der Waals surface area contributed by atoms with Gasteiger partial charge in [0, 0.05) is 5.56 Å². The number of fused-ring (bicyclic) bond motifs is 1. The largest absolute Gasteiger partial charge is 0.342 e. The summed E-state index contributed by atoms with van der Waals surface area (Å²) < 4.78 is 0. The maximum Gasteiger partial charge on any atom is 0.103 e. The van der Waals surface area contributed by atoms with E-state index in [0.717, 1.165) is 11.5 Å². The molecule has 0 saturated heterocycles. The Morgan fingerprint density at radius 2 is 1.58 bits per heavy atom. The van der Waals surface area contributed by atoms with E-state index >= 15 is 0 Å². The number of aromatic amines is 1. The van der Waals surface area contributed by atoms with Crippen LogP contribution in [-0.2, 0) is 0 Å². The van der Waals surface area contributed by atoms with Crippen LogP contribution in [0.15, 0.2) is 42.6 Å². The highest BCUT2D eigenvalue weighted by atomic mass is 14.9. The Morgan fingerprint density at radius 1 is 0.895 bits per heavy atom. The fraction of sp³-hybridized carbons (Fsp3) is 0.235. The molecule has 0 unspecified atom stereocenters. The number of imidazole rings is 1. The molecule has 0 bridgehead atoms. The van der Waals surface area contributed by atoms with Crippen LogP contribution < -0.4 is 0 Å². The van der Waals surface area contributed by atoms with Crippen molar-refractivity contribution in [2.45, 2.75) is 27.7 Å². The number of nitrogens with one attached hydrogen (secondary N) is 1. The summed E-state index contributed by atoms with van der Waals surface area (Å²) in [5.74, 6) is 0.948. The lowest BCUT2D eigenvalue weighted by Gasteiger charge is -2.02. The number of aryl methyl sites for hydroxylation is 2. The summed E-state index contributed by atoms with van der Waals surface area (Å²) in [7, 11) is 0. The molecule has 98 valence electrons. The Bertz CT molecular complexity index is 681. The first kappa shape index (κ1) is 13.3. The van der Waals surface area contributed by atoms with Crippen LogP contribution in [0.5, 0.6) is 0 Å². The van der Waals surface area contributed by atoms with Crippen LogP contribution in [-0.4, -0.2) is 9.97 Å². The summed E-state index contributed by atoms with van der Waals surface area (Å²) in [6.45, 7) is 8.08. The van der Waals surface area contributed by atoms with Crippen molar-refractivity contribution in [1.82, 2.24) is 9.97 Å². The van der Waals surface area contributed by atoms with Crippen molar-refractivity contribution in [2.75, 3.05) is 0 Å². The number of H-pyrrole nitrogens is 1. The second-order valence-corrected chi connectivity index (χ2v) is 4.45. The molecule has 0 spiro atoms. The van der Waals surface area contributed by atoms with E-state index in [1.165, 1.54) is 21.9 Å². The van der Waals surface area contributed by atoms with Gasteiger partial charge < -0.3 is 4.98 Å². The van der Waals surface area contributed by atoms with E-state index in [0.29, 0.717) is 0 Å². The summed E-state index contributed by atoms with van der Waals surface area (Å²) in [5, 5.41) is 2.55. The van der Waals surface area contributed by atoms with E-state index < -0.39 is 0 Å². The molecule has 0 aliphatic rings. The lowest BCUT2D eigenvalue weighted by Crippen LogP contribution is -1.80. The smallest absolute Gasteiger partial charge is 0.103 e. The second-order valence-electron chi connectivity index (χ2n) is 4.45. The molecule has 1 N–H and O–H groups in total. The zero-order chi connectivity index (χ0) is 13.8. The van der Waals surface area contributed by atoms with Gasteiger partial charge in [-0.3, -0.25) is 0 Å². The Kier molecular flexibility index (Phi) is 4.00. The Balaban J connectivity index is 0.000000637. The van der Waals surface area contributed by atoms with Crippen LogP contribution in [0.1, 0.15) is 25.2 Å². The van der Waals surface area contributed by atoms with Gasteiger partial charge in [-0.05, 0) is 30.7 Å². The Morgan fingerprint density at radius 3 is 2.26 bits per heavy atom. The summed E-state index contributed by atoms with van der Waals surface area (Å²) in [6, 6.07) is 13.0. The molecule has 2 nitrogen and oxygen atoms in total. The minimum atomic E-state index is 0.948. The average molecular weight is 252 g/mol. The molecule has 19 heavy (non-hydrogen) atoms. The fourth-order valence-electron chi connectivity index (χ4n) is 2.10. The van der Waals surface area contributed by atoms with Crippen LogP contribution in [0.2, 0.25) is 0 Å². The molecule has 0 aliphatic carbocycles. The maximum absolute atomic E-state index is 4.23. The Labute approximate surface area is 114 Å². The highest BCUT2D eigenvalue weighted by molar-refractivity contribution is 5.87. The van der Waals surface area contributed by atoms with Gasteiger partial charge >= 0.3 is 0 Å². The van der Waals surface area contributed by atoms with E-state index in [4.69, 9.17) is 0 Å². The number of hydrogen-bond donors (Lipinski definition) is 1. The zero-order valence-electron chi connectivity index (χ0n) is 12.0. The van der Waals surface area contributed by atoms with Gasteiger partial charge in [-0.1, -0.05) is 49.7 Å². The monoisotopic (exact) mass is 252 g/mol. The molecule has 0 saturated carbocycles. The molecular weight excluding hydrogens is 232 g/mol. The number of rotatable bonds is 1. The minimum Gasteiger partial charge on any atom is -0.342 e. The van der Waals surface area contributed by atoms with Gasteiger partial charge in [-0.25, -0.2) is 4.98 Å². The molecule has 2 aromatic carbocycles. The zero-order valence-corrected chi connectivity index (χ0v) is 12.0. The van der Waals surface area contributed by atoms with E-state index in [-0.39, 0.29) is 0 Å². The van der Waals surface area contributed by atoms with Crippen molar-refractivity contribution in [1.29, 1.82) is 0 Å². The topological polar surface area (TPSA) is 28.7 Å². The van der Waals surface area contributed by atoms with E-state index in [9.17, 15) is 0 Å². The van der Waals surface area contributed by atoms with Crippen molar-refractivity contribution in [3.8, 4) is 11.3 Å². The first-order valence-corrected chi connectivity index (χ1v) is 6.75. The molecule has 0 amide bonds. The van der Waals surface area contributed by atoms with Crippen molar-refractivity contribution in [3.05, 3.63) is 54.0 Å². The number of nitrogens with zero attached hydrogens (tertiary/aromatic N) is 1. The minimum absolute atomic E-state index is 0.948. The second kappa shape index (κ2) is 5.70. The van der Waals surface area contributed by atoms with Crippen LogP contribution in [0.3, 0.4) is 0 Å². The molecule has 0 fully saturated rings. The molecular formula is C17H20N2. The van der Waals surface area contributed by atoms with Crippen LogP contribution in [0, 0.1) is 13.8 Å². The lowest BCUT2D eigenvalue weighted by molar-refractivity contribution is 1.15. The van der Waals surface area contributed by atoms with Crippen LogP contribution in [0.4, 0.5) is 0 Å². The standard InChI is InChI=1S/C15H14N2.C2H6/c1-10-3-4-13-8-14(6-5-12(13)7-10)15-9-16-11(2)17-15;1-2/h3-9H,1-2H3,(H,16,17);1-2H3. The molecule has 0 radical (unpaired) electrons. The third-order valence-corrected chi connectivity index (χ3v) is 3.01. The van der Waals surface area contributed by atoms with E-state index in [2.05, 4.69) is 53.3 Å². The summed E-state index contributed by atoms with van der Waals surface area (Å²) in [4.78, 5) is 7.49. The van der Waals surface area contributed by atoms with Crippen LogP contribution in [0.25, 0.3) is 22.0 Å². The average Bonchev–Trinajstić information content (AvgIpc) is 2.87. The molecule has 3 aromatic rings. The van der Waals surface area contributed by atoms with Gasteiger partial charge in [0.15, 0.2) is 0 Å². The third-order valence-electron chi connectivity index (χ3n) is 3.01. The molecule has 1 aromatic heterocycles. The predicted molar refractivity (Wildman–Crippen MR) is 82.4 cm³/mol. The van der Waals surface area contributed by atoms with Crippen LogP contribution >= 0.6 is 0 Å². The molecule has 0 aliphatic heterocycles. The molecule has 1 heterocycles. The Hall–Kier alpha value is -2.09. The summed E-state index contributed by atoms with van der Waals surface area (Å²) in [6.07, 6.45) is 1.88. The third kappa shape index (κ3) is 2.84. The van der Waals surface area contributed by atoms with Crippen molar-refractivity contribution in [3.63, 3.8) is 0 Å². The summed E-state index contributed by atoms with van der Waals surface area (Å²) >= 11 is 0. The predicted octanol–water partition coefficient (Wildman–Crippen LogP) is 4.87. The van der Waals surface area contributed by atoms with E-state index in [1.54, 1.807) is 0 Å². The van der Waals surface area contributed by atoms with Crippen molar-refractivity contribution in [2.24, 2.45) is 0 Å². The quantitative estimate of drug-likeness (QED) is 0.657. The number of aromatic nitrogens is 2.